The van der Waals surface area contributed by atoms with Crippen LogP contribution in [0.2, 0.25) is 0 Å². The molecule has 0 radical (unpaired) electrons. The van der Waals surface area contributed by atoms with Crippen molar-refractivity contribution in [2.45, 2.75) is 19.0 Å². The fourth-order valence-corrected chi connectivity index (χ4v) is 3.14. The van der Waals surface area contributed by atoms with Crippen molar-refractivity contribution in [3.8, 4) is 6.07 Å². The van der Waals surface area contributed by atoms with Gasteiger partial charge in [0.2, 0.25) is 0 Å². The molecule has 106 valence electrons. The van der Waals surface area contributed by atoms with Gasteiger partial charge in [-0.3, -0.25) is 4.90 Å². The van der Waals surface area contributed by atoms with E-state index in [4.69, 9.17) is 11.0 Å². The molecule has 1 aliphatic rings. The molecule has 0 aliphatic carbocycles. The van der Waals surface area contributed by atoms with Crippen LogP contribution in [-0.4, -0.2) is 18.0 Å². The fourth-order valence-electron chi connectivity index (χ4n) is 3.14. The molecule has 0 saturated heterocycles. The van der Waals surface area contributed by atoms with Crippen molar-refractivity contribution in [1.82, 2.24) is 4.90 Å². The molecule has 1 atom stereocenters. The molecule has 0 bridgehead atoms. The predicted molar refractivity (Wildman–Crippen MR) is 83.5 cm³/mol. The molecule has 21 heavy (non-hydrogen) atoms. The number of nitriles is 1. The summed E-state index contributed by atoms with van der Waals surface area (Å²) in [5.74, 6) is 0. The molecule has 3 rings (SSSR count). The van der Waals surface area contributed by atoms with Gasteiger partial charge < -0.3 is 5.73 Å². The van der Waals surface area contributed by atoms with E-state index in [1.807, 2.05) is 18.2 Å². The second-order valence-corrected chi connectivity index (χ2v) is 5.48. The van der Waals surface area contributed by atoms with E-state index in [9.17, 15) is 0 Å². The van der Waals surface area contributed by atoms with E-state index in [0.717, 1.165) is 19.5 Å². The highest BCUT2D eigenvalue weighted by molar-refractivity contribution is 5.35. The topological polar surface area (TPSA) is 53.0 Å². The SMILES string of the molecule is N#Cc1cccc(CN2CCc3ccccc3C2CN)c1. The average molecular weight is 277 g/mol. The molecule has 0 saturated carbocycles. The number of benzene rings is 2. The van der Waals surface area contributed by atoms with Crippen LogP contribution in [0.5, 0.6) is 0 Å². The number of rotatable bonds is 3. The van der Waals surface area contributed by atoms with Gasteiger partial charge in [0.05, 0.1) is 11.6 Å². The Morgan fingerprint density at radius 1 is 1.19 bits per heavy atom. The molecule has 3 heteroatoms. The van der Waals surface area contributed by atoms with Crippen molar-refractivity contribution in [2.75, 3.05) is 13.1 Å². The van der Waals surface area contributed by atoms with Crippen LogP contribution in [0.3, 0.4) is 0 Å². The summed E-state index contributed by atoms with van der Waals surface area (Å²) in [6.07, 6.45) is 1.06. The zero-order valence-electron chi connectivity index (χ0n) is 12.0. The molecule has 1 aliphatic heterocycles. The third-order valence-corrected chi connectivity index (χ3v) is 4.19. The number of nitrogens with two attached hydrogens (primary N) is 1. The van der Waals surface area contributed by atoms with Crippen molar-refractivity contribution in [1.29, 1.82) is 5.26 Å². The zero-order valence-corrected chi connectivity index (χ0v) is 12.0. The molecule has 2 N–H and O–H groups in total. The standard InChI is InChI=1S/C18H19N3/c19-11-14-4-3-5-15(10-14)13-21-9-8-16-6-1-2-7-17(16)18(21)12-20/h1-7,10,18H,8-9,12-13,20H2. The van der Waals surface area contributed by atoms with Gasteiger partial charge >= 0.3 is 0 Å². The summed E-state index contributed by atoms with van der Waals surface area (Å²) in [7, 11) is 0. The maximum atomic E-state index is 9.01. The van der Waals surface area contributed by atoms with E-state index in [2.05, 4.69) is 41.3 Å². The van der Waals surface area contributed by atoms with E-state index < -0.39 is 0 Å². The first-order valence-corrected chi connectivity index (χ1v) is 7.33. The van der Waals surface area contributed by atoms with Crippen molar-refractivity contribution in [3.63, 3.8) is 0 Å². The Balaban J connectivity index is 1.84. The highest BCUT2D eigenvalue weighted by Crippen LogP contribution is 2.30. The van der Waals surface area contributed by atoms with Gasteiger partial charge in [-0.15, -0.1) is 0 Å². The Hall–Kier alpha value is -2.15. The second kappa shape index (κ2) is 6.09. The van der Waals surface area contributed by atoms with Crippen molar-refractivity contribution >= 4 is 0 Å². The lowest BCUT2D eigenvalue weighted by atomic mass is 9.92. The summed E-state index contributed by atoms with van der Waals surface area (Å²) in [5, 5.41) is 9.01. The van der Waals surface area contributed by atoms with E-state index in [1.54, 1.807) is 0 Å². The number of nitrogens with zero attached hydrogens (tertiary/aromatic N) is 2. The van der Waals surface area contributed by atoms with Crippen LogP contribution in [0, 0.1) is 11.3 Å². The minimum atomic E-state index is 0.265. The predicted octanol–water partition coefficient (Wildman–Crippen LogP) is 2.62. The number of hydrogen-bond acceptors (Lipinski definition) is 3. The van der Waals surface area contributed by atoms with Crippen LogP contribution in [0.4, 0.5) is 0 Å². The van der Waals surface area contributed by atoms with Gasteiger partial charge in [0.15, 0.2) is 0 Å². The minimum Gasteiger partial charge on any atom is -0.329 e. The van der Waals surface area contributed by atoms with Gasteiger partial charge in [0.25, 0.3) is 0 Å². The lowest BCUT2D eigenvalue weighted by Crippen LogP contribution is -2.38. The van der Waals surface area contributed by atoms with Gasteiger partial charge in [0, 0.05) is 25.7 Å². The molecule has 1 unspecified atom stereocenters. The van der Waals surface area contributed by atoms with Gasteiger partial charge in [0.1, 0.15) is 0 Å². The zero-order chi connectivity index (χ0) is 14.7. The lowest BCUT2D eigenvalue weighted by Gasteiger charge is -2.36. The van der Waals surface area contributed by atoms with Crippen LogP contribution in [0.1, 0.15) is 28.3 Å². The van der Waals surface area contributed by atoms with Crippen molar-refractivity contribution < 1.29 is 0 Å². The minimum absolute atomic E-state index is 0.265. The van der Waals surface area contributed by atoms with Gasteiger partial charge in [-0.2, -0.15) is 5.26 Å². The Morgan fingerprint density at radius 2 is 2.05 bits per heavy atom. The van der Waals surface area contributed by atoms with Crippen molar-refractivity contribution in [3.05, 3.63) is 70.8 Å². The summed E-state index contributed by atoms with van der Waals surface area (Å²) in [5.41, 5.74) is 10.7. The quantitative estimate of drug-likeness (QED) is 0.938. The lowest BCUT2D eigenvalue weighted by molar-refractivity contribution is 0.181. The van der Waals surface area contributed by atoms with Crippen LogP contribution in [-0.2, 0) is 13.0 Å². The Kier molecular flexibility index (Phi) is 4.01. The molecule has 1 heterocycles. The fraction of sp³-hybridized carbons (Fsp3) is 0.278. The molecule has 3 nitrogen and oxygen atoms in total. The molecular weight excluding hydrogens is 258 g/mol. The summed E-state index contributed by atoms with van der Waals surface area (Å²) in [6.45, 7) is 2.47. The van der Waals surface area contributed by atoms with Crippen molar-refractivity contribution in [2.24, 2.45) is 5.73 Å². The van der Waals surface area contributed by atoms with E-state index in [0.29, 0.717) is 12.1 Å². The Labute approximate surface area is 125 Å². The maximum absolute atomic E-state index is 9.01. The van der Waals surface area contributed by atoms with Crippen LogP contribution in [0.25, 0.3) is 0 Å². The Bertz CT molecular complexity index is 672. The third-order valence-electron chi connectivity index (χ3n) is 4.19. The number of hydrogen-bond donors (Lipinski definition) is 1. The van der Waals surface area contributed by atoms with Gasteiger partial charge in [-0.05, 0) is 35.2 Å². The molecule has 0 aromatic heterocycles. The average Bonchev–Trinajstić information content (AvgIpc) is 2.55. The second-order valence-electron chi connectivity index (χ2n) is 5.48. The van der Waals surface area contributed by atoms with Crippen LogP contribution < -0.4 is 5.73 Å². The first kappa shape index (κ1) is 13.8. The van der Waals surface area contributed by atoms with Crippen LogP contribution >= 0.6 is 0 Å². The number of fused-ring (bicyclic) bond motifs is 1. The summed E-state index contributed by atoms with van der Waals surface area (Å²) < 4.78 is 0. The first-order chi connectivity index (χ1) is 10.3. The maximum Gasteiger partial charge on any atom is 0.0991 e. The Morgan fingerprint density at radius 3 is 2.86 bits per heavy atom. The van der Waals surface area contributed by atoms with Gasteiger partial charge in [-0.25, -0.2) is 0 Å². The molecule has 2 aromatic carbocycles. The molecule has 2 aromatic rings. The smallest absolute Gasteiger partial charge is 0.0991 e. The highest BCUT2D eigenvalue weighted by atomic mass is 15.2. The highest BCUT2D eigenvalue weighted by Gasteiger charge is 2.25. The third kappa shape index (κ3) is 2.82. The van der Waals surface area contributed by atoms with E-state index in [-0.39, 0.29) is 6.04 Å². The normalized spacial score (nSPS) is 18.0. The molecule has 0 fully saturated rings. The van der Waals surface area contributed by atoms with E-state index in [1.165, 1.54) is 16.7 Å². The molecule has 0 amide bonds. The van der Waals surface area contributed by atoms with Crippen LogP contribution in [0.15, 0.2) is 48.5 Å². The summed E-state index contributed by atoms with van der Waals surface area (Å²) in [6, 6.07) is 18.9. The first-order valence-electron chi connectivity index (χ1n) is 7.33. The van der Waals surface area contributed by atoms with Gasteiger partial charge in [-0.1, -0.05) is 36.4 Å². The molecule has 0 spiro atoms. The summed E-state index contributed by atoms with van der Waals surface area (Å²) in [4.78, 5) is 2.42. The monoisotopic (exact) mass is 277 g/mol. The molecular formula is C18H19N3. The summed E-state index contributed by atoms with van der Waals surface area (Å²) >= 11 is 0. The van der Waals surface area contributed by atoms with E-state index >= 15 is 0 Å². The largest absolute Gasteiger partial charge is 0.329 e.